The molecule has 0 aliphatic heterocycles. The number of hydrogen-bond acceptors (Lipinski definition) is 3. The standard InChI is InChI=1S/C18H21F3N4S.HI/c1-22-16(23-10-7-15-25-14(11-26-15)18(19,20)21)24-12-17(8-9-17)13-5-3-2-4-6-13;/h2-6,11H,7-10,12H2,1H3,(H2,22,23,24);1H. The molecule has 4 nitrogen and oxygen atoms in total. The van der Waals surface area contributed by atoms with E-state index in [4.69, 9.17) is 0 Å². The van der Waals surface area contributed by atoms with Crippen molar-refractivity contribution < 1.29 is 13.2 Å². The fourth-order valence-corrected chi connectivity index (χ4v) is 3.63. The van der Waals surface area contributed by atoms with Crippen LogP contribution in [0.25, 0.3) is 0 Å². The minimum absolute atomic E-state index is 0. The van der Waals surface area contributed by atoms with E-state index >= 15 is 0 Å². The van der Waals surface area contributed by atoms with Crippen molar-refractivity contribution >= 4 is 41.3 Å². The molecule has 0 bridgehead atoms. The second kappa shape index (κ2) is 9.22. The van der Waals surface area contributed by atoms with Crippen molar-refractivity contribution in [2.45, 2.75) is 30.9 Å². The molecule has 0 spiro atoms. The maximum atomic E-state index is 12.6. The third-order valence-corrected chi connectivity index (χ3v) is 5.44. The van der Waals surface area contributed by atoms with Crippen molar-refractivity contribution in [1.29, 1.82) is 0 Å². The third kappa shape index (κ3) is 5.81. The zero-order valence-corrected chi connectivity index (χ0v) is 18.0. The molecule has 0 radical (unpaired) electrons. The van der Waals surface area contributed by atoms with Crippen molar-refractivity contribution in [2.24, 2.45) is 4.99 Å². The molecule has 3 rings (SSSR count). The van der Waals surface area contributed by atoms with Gasteiger partial charge in [0.25, 0.3) is 0 Å². The number of aliphatic imine (C=N–C) groups is 1. The lowest BCUT2D eigenvalue weighted by Gasteiger charge is -2.19. The van der Waals surface area contributed by atoms with Crippen molar-refractivity contribution in [3.63, 3.8) is 0 Å². The molecular weight excluding hydrogens is 488 g/mol. The molecule has 148 valence electrons. The van der Waals surface area contributed by atoms with Gasteiger partial charge in [0.1, 0.15) is 0 Å². The summed E-state index contributed by atoms with van der Waals surface area (Å²) in [6.45, 7) is 1.26. The smallest absolute Gasteiger partial charge is 0.356 e. The van der Waals surface area contributed by atoms with Gasteiger partial charge in [0.15, 0.2) is 11.7 Å². The number of nitrogens with one attached hydrogen (secondary N) is 2. The van der Waals surface area contributed by atoms with E-state index in [0.717, 1.165) is 36.1 Å². The number of rotatable bonds is 6. The normalized spacial score (nSPS) is 15.8. The molecule has 1 saturated carbocycles. The lowest BCUT2D eigenvalue weighted by molar-refractivity contribution is -0.140. The molecule has 27 heavy (non-hydrogen) atoms. The first kappa shape index (κ1) is 21.9. The van der Waals surface area contributed by atoms with Crippen LogP contribution in [0.4, 0.5) is 13.2 Å². The highest BCUT2D eigenvalue weighted by atomic mass is 127. The summed E-state index contributed by atoms with van der Waals surface area (Å²) in [5.41, 5.74) is 0.666. The number of hydrogen-bond donors (Lipinski definition) is 2. The summed E-state index contributed by atoms with van der Waals surface area (Å²) in [7, 11) is 1.68. The average molecular weight is 510 g/mol. The molecule has 0 atom stereocenters. The predicted octanol–water partition coefficient (Wildman–Crippen LogP) is 4.22. The van der Waals surface area contributed by atoms with Gasteiger partial charge in [-0.25, -0.2) is 4.98 Å². The van der Waals surface area contributed by atoms with Crippen LogP contribution in [0.15, 0.2) is 40.7 Å². The van der Waals surface area contributed by atoms with Crippen molar-refractivity contribution in [3.8, 4) is 0 Å². The SMILES string of the molecule is CN=C(NCCc1nc(C(F)(F)F)cs1)NCC1(c2ccccc2)CC1.I. The number of alkyl halides is 3. The first-order valence-corrected chi connectivity index (χ1v) is 9.33. The molecule has 1 aliphatic rings. The summed E-state index contributed by atoms with van der Waals surface area (Å²) < 4.78 is 37.7. The van der Waals surface area contributed by atoms with Crippen molar-refractivity contribution in [1.82, 2.24) is 15.6 Å². The molecule has 1 aromatic carbocycles. The maximum Gasteiger partial charge on any atom is 0.434 e. The van der Waals surface area contributed by atoms with Gasteiger partial charge in [-0.2, -0.15) is 13.2 Å². The second-order valence-electron chi connectivity index (χ2n) is 6.37. The lowest BCUT2D eigenvalue weighted by atomic mass is 9.96. The topological polar surface area (TPSA) is 49.3 Å². The highest BCUT2D eigenvalue weighted by Crippen LogP contribution is 2.47. The minimum Gasteiger partial charge on any atom is -0.356 e. The van der Waals surface area contributed by atoms with Gasteiger partial charge in [-0.05, 0) is 18.4 Å². The molecule has 1 heterocycles. The quantitative estimate of drug-likeness (QED) is 0.348. The number of thiazole rings is 1. The van der Waals surface area contributed by atoms with E-state index in [9.17, 15) is 13.2 Å². The zero-order chi connectivity index (χ0) is 18.6. The van der Waals surface area contributed by atoms with E-state index in [0.29, 0.717) is 23.9 Å². The van der Waals surface area contributed by atoms with Crippen LogP contribution in [0, 0.1) is 0 Å². The Kier molecular flexibility index (Phi) is 7.49. The Morgan fingerprint density at radius 3 is 2.48 bits per heavy atom. The van der Waals surface area contributed by atoms with Gasteiger partial charge >= 0.3 is 6.18 Å². The summed E-state index contributed by atoms with van der Waals surface area (Å²) in [6.07, 6.45) is -1.68. The Labute approximate surface area is 177 Å². The maximum absolute atomic E-state index is 12.6. The number of benzene rings is 1. The Morgan fingerprint density at radius 1 is 1.22 bits per heavy atom. The number of halogens is 4. The van der Waals surface area contributed by atoms with E-state index in [2.05, 4.69) is 32.7 Å². The molecule has 0 unspecified atom stereocenters. The van der Waals surface area contributed by atoms with E-state index in [-0.39, 0.29) is 29.4 Å². The van der Waals surface area contributed by atoms with Crippen LogP contribution in [0.1, 0.15) is 29.1 Å². The molecule has 9 heteroatoms. The van der Waals surface area contributed by atoms with Gasteiger partial charge in [0, 0.05) is 37.4 Å². The summed E-state index contributed by atoms with van der Waals surface area (Å²) in [5.74, 6) is 0.653. The van der Waals surface area contributed by atoms with Crippen LogP contribution in [-0.4, -0.2) is 31.1 Å². The van der Waals surface area contributed by atoms with Gasteiger partial charge in [0.05, 0.1) is 5.01 Å². The monoisotopic (exact) mass is 510 g/mol. The molecule has 1 aliphatic carbocycles. The van der Waals surface area contributed by atoms with Crippen molar-refractivity contribution in [2.75, 3.05) is 20.1 Å². The molecule has 2 aromatic rings. The molecule has 1 aromatic heterocycles. The summed E-state index contributed by atoms with van der Waals surface area (Å²) >= 11 is 1.03. The molecular formula is C18H22F3IN4S. The summed E-state index contributed by atoms with van der Waals surface area (Å²) in [6, 6.07) is 10.4. The molecule has 0 saturated heterocycles. The van der Waals surface area contributed by atoms with E-state index in [1.54, 1.807) is 7.05 Å². The second-order valence-corrected chi connectivity index (χ2v) is 7.32. The molecule has 1 fully saturated rings. The van der Waals surface area contributed by atoms with E-state index in [1.807, 2.05) is 18.2 Å². The molecule has 2 N–H and O–H groups in total. The van der Waals surface area contributed by atoms with Gasteiger partial charge in [-0.3, -0.25) is 4.99 Å². The Bertz CT molecular complexity index is 757. The first-order valence-electron chi connectivity index (χ1n) is 8.45. The van der Waals surface area contributed by atoms with Crippen LogP contribution in [0.2, 0.25) is 0 Å². The number of guanidine groups is 1. The predicted molar refractivity (Wildman–Crippen MR) is 113 cm³/mol. The zero-order valence-electron chi connectivity index (χ0n) is 14.8. The van der Waals surface area contributed by atoms with Crippen LogP contribution >= 0.6 is 35.3 Å². The van der Waals surface area contributed by atoms with Gasteiger partial charge in [-0.1, -0.05) is 30.3 Å². The largest absolute Gasteiger partial charge is 0.434 e. The number of aromatic nitrogens is 1. The fraction of sp³-hybridized carbons (Fsp3) is 0.444. The van der Waals surface area contributed by atoms with E-state index in [1.165, 1.54) is 5.56 Å². The van der Waals surface area contributed by atoms with Gasteiger partial charge in [-0.15, -0.1) is 35.3 Å². The van der Waals surface area contributed by atoms with Gasteiger partial charge < -0.3 is 10.6 Å². The van der Waals surface area contributed by atoms with E-state index < -0.39 is 11.9 Å². The highest BCUT2D eigenvalue weighted by molar-refractivity contribution is 14.0. The molecule has 0 amide bonds. The average Bonchev–Trinajstić information content (AvgIpc) is 3.26. The van der Waals surface area contributed by atoms with Crippen LogP contribution in [0.3, 0.4) is 0 Å². The van der Waals surface area contributed by atoms with Crippen LogP contribution < -0.4 is 10.6 Å². The van der Waals surface area contributed by atoms with Crippen LogP contribution in [0.5, 0.6) is 0 Å². The Hall–Kier alpha value is -1.36. The van der Waals surface area contributed by atoms with Crippen molar-refractivity contribution in [3.05, 3.63) is 52.0 Å². The highest BCUT2D eigenvalue weighted by Gasteiger charge is 2.44. The Morgan fingerprint density at radius 2 is 1.93 bits per heavy atom. The summed E-state index contributed by atoms with van der Waals surface area (Å²) in [5, 5.41) is 7.99. The fourth-order valence-electron chi connectivity index (χ4n) is 2.83. The lowest BCUT2D eigenvalue weighted by Crippen LogP contribution is -2.41. The summed E-state index contributed by atoms with van der Waals surface area (Å²) in [4.78, 5) is 7.82. The first-order chi connectivity index (χ1) is 12.4. The van der Waals surface area contributed by atoms with Gasteiger partial charge in [0.2, 0.25) is 0 Å². The van der Waals surface area contributed by atoms with Crippen LogP contribution in [-0.2, 0) is 18.0 Å². The minimum atomic E-state index is -4.38. The third-order valence-electron chi connectivity index (χ3n) is 4.53. The Balaban J connectivity index is 0.00000261. The number of nitrogens with zero attached hydrogens (tertiary/aromatic N) is 2.